The molecule has 0 radical (unpaired) electrons. The molecule has 0 rings (SSSR count). The predicted octanol–water partition coefficient (Wildman–Crippen LogP) is 19.8. The monoisotopic (exact) mass is 953 g/mol. The first-order valence-corrected chi connectivity index (χ1v) is 29.6. The van der Waals surface area contributed by atoms with Crippen molar-refractivity contribution in [1.82, 2.24) is 0 Å². The molecule has 1 unspecified atom stereocenters. The van der Waals surface area contributed by atoms with Crippen molar-refractivity contribution in [3.05, 3.63) is 48.6 Å². The number of allylic oxidation sites excluding steroid dienone is 8. The minimum atomic E-state index is -0.783. The molecule has 0 aromatic heterocycles. The van der Waals surface area contributed by atoms with Gasteiger partial charge in [0.15, 0.2) is 6.10 Å². The molecule has 0 aliphatic rings. The Hall–Kier alpha value is -2.63. The highest BCUT2D eigenvalue weighted by molar-refractivity contribution is 5.71. The van der Waals surface area contributed by atoms with E-state index in [1.165, 1.54) is 173 Å². The van der Waals surface area contributed by atoms with Gasteiger partial charge in [0, 0.05) is 19.3 Å². The second-order valence-electron chi connectivity index (χ2n) is 19.9. The summed E-state index contributed by atoms with van der Waals surface area (Å²) in [6.07, 6.45) is 69.6. The summed E-state index contributed by atoms with van der Waals surface area (Å²) in [5.74, 6) is -0.892. The second kappa shape index (κ2) is 57.0. The van der Waals surface area contributed by atoms with Gasteiger partial charge in [-0.15, -0.1) is 0 Å². The first-order valence-electron chi connectivity index (χ1n) is 29.6. The highest BCUT2D eigenvalue weighted by atomic mass is 16.6. The van der Waals surface area contributed by atoms with Crippen LogP contribution in [-0.4, -0.2) is 37.2 Å². The minimum Gasteiger partial charge on any atom is -0.462 e. The van der Waals surface area contributed by atoms with Crippen LogP contribution in [0, 0.1) is 0 Å². The Morgan fingerprint density at radius 2 is 0.559 bits per heavy atom. The van der Waals surface area contributed by atoms with Gasteiger partial charge in [0.2, 0.25) is 0 Å². The summed E-state index contributed by atoms with van der Waals surface area (Å²) in [4.78, 5) is 38.2. The van der Waals surface area contributed by atoms with E-state index < -0.39 is 6.10 Å². The van der Waals surface area contributed by atoms with E-state index in [1.807, 2.05) is 0 Å². The van der Waals surface area contributed by atoms with Gasteiger partial charge >= 0.3 is 17.9 Å². The zero-order chi connectivity index (χ0) is 49.3. The second-order valence-corrected chi connectivity index (χ2v) is 19.9. The Balaban J connectivity index is 4.33. The van der Waals surface area contributed by atoms with Crippen molar-refractivity contribution >= 4 is 17.9 Å². The van der Waals surface area contributed by atoms with Crippen LogP contribution in [0.2, 0.25) is 0 Å². The Bertz CT molecular complexity index is 1190. The van der Waals surface area contributed by atoms with Crippen LogP contribution < -0.4 is 0 Å². The highest BCUT2D eigenvalue weighted by Gasteiger charge is 2.19. The molecule has 68 heavy (non-hydrogen) atoms. The van der Waals surface area contributed by atoms with E-state index in [0.29, 0.717) is 19.3 Å². The molecular weight excluding hydrogens is 841 g/mol. The lowest BCUT2D eigenvalue weighted by atomic mass is 10.1. The molecule has 0 spiro atoms. The molecule has 0 saturated carbocycles. The molecule has 0 bridgehead atoms. The molecule has 396 valence electrons. The van der Waals surface area contributed by atoms with Gasteiger partial charge in [-0.1, -0.05) is 243 Å². The van der Waals surface area contributed by atoms with Gasteiger partial charge in [0.1, 0.15) is 13.2 Å². The maximum atomic E-state index is 12.9. The fraction of sp³-hybridized carbons (Fsp3) is 0.823. The third-order valence-electron chi connectivity index (χ3n) is 13.0. The molecule has 0 aliphatic heterocycles. The summed E-state index contributed by atoms with van der Waals surface area (Å²) in [6, 6.07) is 0. The predicted molar refractivity (Wildman–Crippen MR) is 293 cm³/mol. The lowest BCUT2D eigenvalue weighted by molar-refractivity contribution is -0.167. The quantitative estimate of drug-likeness (QED) is 0.0262. The minimum absolute atomic E-state index is 0.0805. The van der Waals surface area contributed by atoms with E-state index in [1.54, 1.807) is 0 Å². The van der Waals surface area contributed by atoms with Crippen LogP contribution in [-0.2, 0) is 28.6 Å². The van der Waals surface area contributed by atoms with Crippen LogP contribution in [0.1, 0.15) is 310 Å². The van der Waals surface area contributed by atoms with Gasteiger partial charge in [0.05, 0.1) is 0 Å². The third kappa shape index (κ3) is 54.3. The van der Waals surface area contributed by atoms with Crippen LogP contribution in [0.5, 0.6) is 0 Å². The number of carbonyl (C=O) groups excluding carboxylic acids is 3. The molecular formula is C62H112O6. The van der Waals surface area contributed by atoms with Crippen molar-refractivity contribution in [3.63, 3.8) is 0 Å². The zero-order valence-electron chi connectivity index (χ0n) is 45.4. The molecule has 6 heteroatoms. The van der Waals surface area contributed by atoms with Gasteiger partial charge in [-0.3, -0.25) is 14.4 Å². The lowest BCUT2D eigenvalue weighted by Gasteiger charge is -2.18. The molecule has 0 fully saturated rings. The number of esters is 3. The van der Waals surface area contributed by atoms with E-state index in [0.717, 1.165) is 96.3 Å². The van der Waals surface area contributed by atoms with Gasteiger partial charge in [-0.05, 0) is 96.3 Å². The molecule has 0 N–H and O–H groups in total. The van der Waals surface area contributed by atoms with Crippen LogP contribution in [0.25, 0.3) is 0 Å². The fourth-order valence-electron chi connectivity index (χ4n) is 8.53. The number of hydrogen-bond acceptors (Lipinski definition) is 6. The SMILES string of the molecule is CCC/C=C\C/C=C\CCCCCCCC(=O)OCC(COC(=O)CCCCCCCCCCC/C=C\CCCCCCCCCC)OC(=O)CCCCCCC/C=C\CCCCCCCCC. The smallest absolute Gasteiger partial charge is 0.306 e. The maximum absolute atomic E-state index is 12.9. The Morgan fingerprint density at radius 3 is 0.882 bits per heavy atom. The number of ether oxygens (including phenoxy) is 3. The van der Waals surface area contributed by atoms with Crippen molar-refractivity contribution in [1.29, 1.82) is 0 Å². The summed E-state index contributed by atoms with van der Waals surface area (Å²) in [5.41, 5.74) is 0. The number of carbonyl (C=O) groups is 3. The van der Waals surface area contributed by atoms with Gasteiger partial charge in [0.25, 0.3) is 0 Å². The van der Waals surface area contributed by atoms with Gasteiger partial charge in [-0.2, -0.15) is 0 Å². The highest BCUT2D eigenvalue weighted by Crippen LogP contribution is 2.16. The zero-order valence-corrected chi connectivity index (χ0v) is 45.4. The average Bonchev–Trinajstić information content (AvgIpc) is 3.34. The molecule has 0 aliphatic carbocycles. The lowest BCUT2D eigenvalue weighted by Crippen LogP contribution is -2.30. The topological polar surface area (TPSA) is 78.9 Å². The van der Waals surface area contributed by atoms with Crippen LogP contribution in [0.3, 0.4) is 0 Å². The van der Waals surface area contributed by atoms with Crippen molar-refractivity contribution < 1.29 is 28.6 Å². The first kappa shape index (κ1) is 65.4. The third-order valence-corrected chi connectivity index (χ3v) is 13.0. The number of unbranched alkanes of at least 4 members (excludes halogenated alkanes) is 35. The molecule has 0 amide bonds. The van der Waals surface area contributed by atoms with Crippen molar-refractivity contribution in [2.45, 2.75) is 316 Å². The molecule has 6 nitrogen and oxygen atoms in total. The molecule has 0 aromatic rings. The van der Waals surface area contributed by atoms with Crippen molar-refractivity contribution in [2.75, 3.05) is 13.2 Å². The molecule has 0 saturated heterocycles. The first-order chi connectivity index (χ1) is 33.5. The van der Waals surface area contributed by atoms with Crippen molar-refractivity contribution in [3.8, 4) is 0 Å². The van der Waals surface area contributed by atoms with E-state index in [-0.39, 0.29) is 31.1 Å². The van der Waals surface area contributed by atoms with Crippen LogP contribution >= 0.6 is 0 Å². The van der Waals surface area contributed by atoms with E-state index in [2.05, 4.69) is 69.4 Å². The van der Waals surface area contributed by atoms with Crippen LogP contribution in [0.15, 0.2) is 48.6 Å². The Morgan fingerprint density at radius 1 is 0.294 bits per heavy atom. The largest absolute Gasteiger partial charge is 0.462 e. The normalized spacial score (nSPS) is 12.3. The summed E-state index contributed by atoms with van der Waals surface area (Å²) in [6.45, 7) is 6.59. The summed E-state index contributed by atoms with van der Waals surface area (Å²) in [7, 11) is 0. The van der Waals surface area contributed by atoms with Crippen LogP contribution in [0.4, 0.5) is 0 Å². The van der Waals surface area contributed by atoms with E-state index >= 15 is 0 Å². The standard InChI is InChI=1S/C62H112O6/c1-4-7-10-13-16-19-22-25-27-29-30-31-32-33-35-37-40-43-46-49-52-55-61(64)67-58-59(57-66-60(63)54-51-48-45-42-39-36-24-21-18-15-12-9-6-3)68-62(65)56-53-50-47-44-41-38-34-28-26-23-20-17-14-11-8-5-2/h12,15,21,24,28-30,34,59H,4-11,13-14,16-20,22-23,25-27,31-33,35-58H2,1-3H3/b15-12-,24-21-,30-29-,34-28-. The fourth-order valence-corrected chi connectivity index (χ4v) is 8.53. The number of hydrogen-bond donors (Lipinski definition) is 0. The number of rotatable bonds is 54. The van der Waals surface area contributed by atoms with Crippen molar-refractivity contribution in [2.24, 2.45) is 0 Å². The van der Waals surface area contributed by atoms with Gasteiger partial charge in [-0.25, -0.2) is 0 Å². The molecule has 0 heterocycles. The summed E-state index contributed by atoms with van der Waals surface area (Å²) >= 11 is 0. The van der Waals surface area contributed by atoms with E-state index in [4.69, 9.17) is 14.2 Å². The molecule has 1 atom stereocenters. The average molecular weight is 954 g/mol. The Kier molecular flexibility index (Phi) is 54.8. The summed E-state index contributed by atoms with van der Waals surface area (Å²) < 4.78 is 16.9. The van der Waals surface area contributed by atoms with E-state index in [9.17, 15) is 14.4 Å². The van der Waals surface area contributed by atoms with Gasteiger partial charge < -0.3 is 14.2 Å². The summed E-state index contributed by atoms with van der Waals surface area (Å²) in [5, 5.41) is 0. The Labute approximate surface area is 422 Å². The molecule has 0 aromatic carbocycles. The maximum Gasteiger partial charge on any atom is 0.306 e.